The maximum Gasteiger partial charge on any atom is 0.222 e. The number of hydrogen-bond acceptors (Lipinski definition) is 2. The molecule has 1 aromatic rings. The molecule has 1 heterocycles. The summed E-state index contributed by atoms with van der Waals surface area (Å²) in [5.74, 6) is 2.01. The van der Waals surface area contributed by atoms with Crippen molar-refractivity contribution in [1.82, 2.24) is 4.90 Å². The fourth-order valence-corrected chi connectivity index (χ4v) is 3.92. The average molecular weight is 287 g/mol. The summed E-state index contributed by atoms with van der Waals surface area (Å²) >= 11 is 0. The molecule has 2 fully saturated rings. The number of methoxy groups -OCH3 is 1. The first-order valence-corrected chi connectivity index (χ1v) is 8.20. The third kappa shape index (κ3) is 3.22. The SMILES string of the molecule is COc1ccc(CCN2C(=O)CCC2C2CCCC2)cc1. The first-order valence-electron chi connectivity index (χ1n) is 8.20. The molecule has 1 aliphatic carbocycles. The quantitative estimate of drug-likeness (QED) is 0.830. The molecule has 1 aromatic carbocycles. The Morgan fingerprint density at radius 1 is 1.14 bits per heavy atom. The number of nitrogens with zero attached hydrogens (tertiary/aromatic N) is 1. The lowest BCUT2D eigenvalue weighted by Gasteiger charge is -2.29. The zero-order valence-corrected chi connectivity index (χ0v) is 12.9. The maximum atomic E-state index is 12.2. The summed E-state index contributed by atoms with van der Waals surface area (Å²) in [6.07, 6.45) is 8.10. The van der Waals surface area contributed by atoms with Gasteiger partial charge in [-0.3, -0.25) is 4.79 Å². The number of amides is 1. The zero-order valence-electron chi connectivity index (χ0n) is 12.9. The molecule has 0 bridgehead atoms. The monoisotopic (exact) mass is 287 g/mol. The summed E-state index contributed by atoms with van der Waals surface area (Å²) in [4.78, 5) is 14.3. The minimum absolute atomic E-state index is 0.361. The van der Waals surface area contributed by atoms with Gasteiger partial charge >= 0.3 is 0 Å². The highest BCUT2D eigenvalue weighted by molar-refractivity contribution is 5.78. The molecule has 21 heavy (non-hydrogen) atoms. The van der Waals surface area contributed by atoms with Gasteiger partial charge < -0.3 is 9.64 Å². The molecular weight excluding hydrogens is 262 g/mol. The van der Waals surface area contributed by atoms with Crippen LogP contribution in [0.2, 0.25) is 0 Å². The van der Waals surface area contributed by atoms with Gasteiger partial charge in [0, 0.05) is 19.0 Å². The molecule has 0 spiro atoms. The van der Waals surface area contributed by atoms with Gasteiger partial charge in [-0.05, 0) is 49.3 Å². The average Bonchev–Trinajstić information content (AvgIpc) is 3.15. The summed E-state index contributed by atoms with van der Waals surface area (Å²) in [6.45, 7) is 0.867. The second-order valence-electron chi connectivity index (χ2n) is 6.34. The van der Waals surface area contributed by atoms with Crippen molar-refractivity contribution in [3.8, 4) is 5.75 Å². The van der Waals surface area contributed by atoms with Crippen molar-refractivity contribution in [2.45, 2.75) is 51.0 Å². The van der Waals surface area contributed by atoms with Crippen molar-refractivity contribution in [2.24, 2.45) is 5.92 Å². The summed E-state index contributed by atoms with van der Waals surface area (Å²) in [5, 5.41) is 0. The van der Waals surface area contributed by atoms with Gasteiger partial charge in [-0.1, -0.05) is 25.0 Å². The van der Waals surface area contributed by atoms with E-state index in [2.05, 4.69) is 17.0 Å². The summed E-state index contributed by atoms with van der Waals surface area (Å²) in [7, 11) is 1.68. The van der Waals surface area contributed by atoms with E-state index in [1.165, 1.54) is 31.2 Å². The molecule has 3 nitrogen and oxygen atoms in total. The van der Waals surface area contributed by atoms with Crippen LogP contribution in [0, 0.1) is 5.92 Å². The van der Waals surface area contributed by atoms with Crippen molar-refractivity contribution in [1.29, 1.82) is 0 Å². The minimum atomic E-state index is 0.361. The van der Waals surface area contributed by atoms with Gasteiger partial charge in [-0.25, -0.2) is 0 Å². The second-order valence-corrected chi connectivity index (χ2v) is 6.34. The van der Waals surface area contributed by atoms with Crippen LogP contribution in [-0.2, 0) is 11.2 Å². The fourth-order valence-electron chi connectivity index (χ4n) is 3.92. The molecule has 3 heteroatoms. The predicted octanol–water partition coefficient (Wildman–Crippen LogP) is 3.42. The lowest BCUT2D eigenvalue weighted by molar-refractivity contribution is -0.129. The maximum absolute atomic E-state index is 12.2. The number of carbonyl (C=O) groups excluding carboxylic acids is 1. The van der Waals surface area contributed by atoms with Crippen LogP contribution in [0.3, 0.4) is 0 Å². The van der Waals surface area contributed by atoms with Crippen LogP contribution in [0.15, 0.2) is 24.3 Å². The standard InChI is InChI=1S/C18H25NO2/c1-21-16-8-6-14(7-9-16)12-13-19-17(10-11-18(19)20)15-4-2-3-5-15/h6-9,15,17H,2-5,10-13H2,1H3. The first-order chi connectivity index (χ1) is 10.3. The van der Waals surface area contributed by atoms with Gasteiger partial charge in [0.25, 0.3) is 0 Å². The molecule has 1 aliphatic heterocycles. The van der Waals surface area contributed by atoms with Crippen LogP contribution in [0.5, 0.6) is 5.75 Å². The molecule has 0 radical (unpaired) electrons. The van der Waals surface area contributed by atoms with E-state index in [0.29, 0.717) is 11.9 Å². The smallest absolute Gasteiger partial charge is 0.222 e. The number of rotatable bonds is 5. The van der Waals surface area contributed by atoms with E-state index in [-0.39, 0.29) is 0 Å². The highest BCUT2D eigenvalue weighted by Crippen LogP contribution is 2.35. The van der Waals surface area contributed by atoms with Gasteiger partial charge in [0.05, 0.1) is 7.11 Å². The van der Waals surface area contributed by atoms with Crippen LogP contribution >= 0.6 is 0 Å². The van der Waals surface area contributed by atoms with E-state index >= 15 is 0 Å². The Morgan fingerprint density at radius 3 is 2.52 bits per heavy atom. The molecular formula is C18H25NO2. The van der Waals surface area contributed by atoms with Crippen molar-refractivity contribution < 1.29 is 9.53 Å². The molecule has 0 aromatic heterocycles. The molecule has 1 unspecified atom stereocenters. The highest BCUT2D eigenvalue weighted by Gasteiger charge is 2.36. The molecule has 1 saturated heterocycles. The molecule has 1 saturated carbocycles. The molecule has 1 amide bonds. The minimum Gasteiger partial charge on any atom is -0.497 e. The molecule has 3 rings (SSSR count). The number of likely N-dealkylation sites (tertiary alicyclic amines) is 1. The Labute approximate surface area is 127 Å². The van der Waals surface area contributed by atoms with E-state index in [0.717, 1.165) is 37.5 Å². The number of ether oxygens (including phenoxy) is 1. The van der Waals surface area contributed by atoms with Crippen LogP contribution < -0.4 is 4.74 Å². The Kier molecular flexibility index (Phi) is 4.47. The van der Waals surface area contributed by atoms with Crippen molar-refractivity contribution >= 4 is 5.91 Å². The second kappa shape index (κ2) is 6.50. The highest BCUT2D eigenvalue weighted by atomic mass is 16.5. The lowest BCUT2D eigenvalue weighted by Crippen LogP contribution is -2.38. The van der Waals surface area contributed by atoms with Gasteiger partial charge in [-0.2, -0.15) is 0 Å². The van der Waals surface area contributed by atoms with Gasteiger partial charge in [-0.15, -0.1) is 0 Å². The summed E-state index contributed by atoms with van der Waals surface area (Å²) < 4.78 is 5.18. The summed E-state index contributed by atoms with van der Waals surface area (Å²) in [6, 6.07) is 8.71. The third-order valence-electron chi connectivity index (χ3n) is 5.12. The van der Waals surface area contributed by atoms with Gasteiger partial charge in [0.1, 0.15) is 5.75 Å². The Morgan fingerprint density at radius 2 is 1.86 bits per heavy atom. The third-order valence-corrected chi connectivity index (χ3v) is 5.12. The largest absolute Gasteiger partial charge is 0.497 e. The van der Waals surface area contributed by atoms with Crippen molar-refractivity contribution in [3.05, 3.63) is 29.8 Å². The molecule has 0 N–H and O–H groups in total. The van der Waals surface area contributed by atoms with Crippen molar-refractivity contribution in [3.63, 3.8) is 0 Å². The van der Waals surface area contributed by atoms with Gasteiger partial charge in [0.2, 0.25) is 5.91 Å². The Bertz CT molecular complexity index is 476. The predicted molar refractivity (Wildman–Crippen MR) is 83.4 cm³/mol. The van der Waals surface area contributed by atoms with Crippen LogP contribution in [-0.4, -0.2) is 30.5 Å². The number of benzene rings is 1. The van der Waals surface area contributed by atoms with E-state index in [9.17, 15) is 4.79 Å². The van der Waals surface area contributed by atoms with E-state index in [1.807, 2.05) is 12.1 Å². The molecule has 114 valence electrons. The first kappa shape index (κ1) is 14.4. The molecule has 2 aliphatic rings. The van der Waals surface area contributed by atoms with Crippen LogP contribution in [0.25, 0.3) is 0 Å². The fraction of sp³-hybridized carbons (Fsp3) is 0.611. The van der Waals surface area contributed by atoms with Crippen molar-refractivity contribution in [2.75, 3.05) is 13.7 Å². The van der Waals surface area contributed by atoms with E-state index in [1.54, 1.807) is 7.11 Å². The topological polar surface area (TPSA) is 29.5 Å². The van der Waals surface area contributed by atoms with Crippen LogP contribution in [0.4, 0.5) is 0 Å². The lowest BCUT2D eigenvalue weighted by atomic mass is 9.96. The van der Waals surface area contributed by atoms with Gasteiger partial charge in [0.15, 0.2) is 0 Å². The Balaban J connectivity index is 1.60. The van der Waals surface area contributed by atoms with E-state index < -0.39 is 0 Å². The normalized spacial score (nSPS) is 23.0. The van der Waals surface area contributed by atoms with Crippen LogP contribution in [0.1, 0.15) is 44.1 Å². The summed E-state index contributed by atoms with van der Waals surface area (Å²) in [5.41, 5.74) is 1.28. The number of hydrogen-bond donors (Lipinski definition) is 0. The zero-order chi connectivity index (χ0) is 14.7. The van der Waals surface area contributed by atoms with E-state index in [4.69, 9.17) is 4.74 Å². The Hall–Kier alpha value is -1.51. The number of carbonyl (C=O) groups is 1. The molecule has 1 atom stereocenters.